The fourth-order valence-corrected chi connectivity index (χ4v) is 4.96. The van der Waals surface area contributed by atoms with E-state index < -0.39 is 6.10 Å². The lowest BCUT2D eigenvalue weighted by Gasteiger charge is -2.36. The van der Waals surface area contributed by atoms with Gasteiger partial charge in [0.15, 0.2) is 0 Å². The van der Waals surface area contributed by atoms with Crippen LogP contribution in [0, 0.1) is 5.92 Å². The maximum Gasteiger partial charge on any atom is 0.103 e. The van der Waals surface area contributed by atoms with Crippen molar-refractivity contribution < 1.29 is 14.6 Å². The first kappa shape index (κ1) is 29.0. The summed E-state index contributed by atoms with van der Waals surface area (Å²) in [7, 11) is 1.75. The molecule has 2 fully saturated rings. The van der Waals surface area contributed by atoms with E-state index in [0.717, 1.165) is 62.7 Å². The Morgan fingerprint density at radius 1 is 1.11 bits per heavy atom. The molecule has 2 aliphatic heterocycles. The summed E-state index contributed by atoms with van der Waals surface area (Å²) in [5.41, 5.74) is 10.2. The van der Waals surface area contributed by atoms with Crippen LogP contribution in [0.2, 0.25) is 0 Å². The quantitative estimate of drug-likeness (QED) is 0.350. The lowest BCUT2D eigenvalue weighted by molar-refractivity contribution is 0.00173. The number of methoxy groups -OCH3 is 1. The van der Waals surface area contributed by atoms with Crippen LogP contribution in [0.4, 0.5) is 5.69 Å². The number of piperazine rings is 1. The molecule has 0 bridgehead atoms. The van der Waals surface area contributed by atoms with Gasteiger partial charge in [-0.3, -0.25) is 4.90 Å². The predicted molar refractivity (Wildman–Crippen MR) is 152 cm³/mol. The molecule has 3 atom stereocenters. The van der Waals surface area contributed by atoms with Crippen LogP contribution in [-0.2, 0) is 9.47 Å². The first-order valence-corrected chi connectivity index (χ1v) is 13.4. The van der Waals surface area contributed by atoms with Crippen LogP contribution in [-0.4, -0.2) is 99.3 Å². The van der Waals surface area contributed by atoms with Crippen molar-refractivity contribution in [2.75, 3.05) is 71.0 Å². The highest BCUT2D eigenvalue weighted by molar-refractivity contribution is 5.65. The number of β-amino-alcohol motifs (C(OH)–C–C–N with tert-alkyl or cyclic N) is 1. The Hall–Kier alpha value is -2.52. The third-order valence-corrected chi connectivity index (χ3v) is 7.15. The van der Waals surface area contributed by atoms with Crippen LogP contribution in [0.3, 0.4) is 0 Å². The molecule has 3 rings (SSSR count). The SMILES string of the molecule is C=C(N)COC1CN(C(=C)C(CC(C)C)NC(=C)c2ccc(N3CCN(CCOC)CC3)cc2)CC1O. The molecule has 0 amide bonds. The van der Waals surface area contributed by atoms with Crippen molar-refractivity contribution in [3.63, 3.8) is 0 Å². The Morgan fingerprint density at radius 3 is 2.38 bits per heavy atom. The fourth-order valence-electron chi connectivity index (χ4n) is 4.96. The number of likely N-dealkylation sites (tertiary alicyclic amines) is 1. The van der Waals surface area contributed by atoms with Gasteiger partial charge < -0.3 is 35.4 Å². The molecule has 206 valence electrons. The zero-order valence-electron chi connectivity index (χ0n) is 23.0. The molecule has 1 aromatic rings. The van der Waals surface area contributed by atoms with E-state index in [4.69, 9.17) is 15.2 Å². The van der Waals surface area contributed by atoms with Crippen molar-refractivity contribution >= 4 is 11.4 Å². The third kappa shape index (κ3) is 8.50. The summed E-state index contributed by atoms with van der Waals surface area (Å²) in [5, 5.41) is 14.1. The van der Waals surface area contributed by atoms with Crippen molar-refractivity contribution in [2.45, 2.75) is 38.5 Å². The van der Waals surface area contributed by atoms with Crippen molar-refractivity contribution in [2.24, 2.45) is 11.7 Å². The maximum atomic E-state index is 10.5. The monoisotopic (exact) mass is 513 g/mol. The summed E-state index contributed by atoms with van der Waals surface area (Å²) in [4.78, 5) is 6.99. The fraction of sp³-hybridized carbons (Fsp3) is 0.586. The summed E-state index contributed by atoms with van der Waals surface area (Å²) in [6.07, 6.45) is 0.00353. The highest BCUT2D eigenvalue weighted by atomic mass is 16.5. The standard InChI is InChI=1S/C29H47N5O3/c1-21(2)17-27(24(5)34-18-28(35)29(19-34)37-20-22(3)30)31-23(4)25-7-9-26(10-8-25)33-13-11-32(12-14-33)15-16-36-6/h7-10,21,27-29,31,35H,3-5,11-20,30H2,1-2,6H3. The van der Waals surface area contributed by atoms with Gasteiger partial charge in [-0.15, -0.1) is 0 Å². The highest BCUT2D eigenvalue weighted by Gasteiger charge is 2.34. The van der Waals surface area contributed by atoms with Gasteiger partial charge in [-0.25, -0.2) is 0 Å². The molecule has 0 aromatic heterocycles. The molecule has 0 saturated carbocycles. The summed E-state index contributed by atoms with van der Waals surface area (Å²) < 4.78 is 11.0. The van der Waals surface area contributed by atoms with E-state index in [1.165, 1.54) is 5.69 Å². The molecule has 1 aromatic carbocycles. The van der Waals surface area contributed by atoms with Crippen LogP contribution >= 0.6 is 0 Å². The second kappa shape index (κ2) is 13.9. The minimum atomic E-state index is -0.589. The maximum absolute atomic E-state index is 10.5. The summed E-state index contributed by atoms with van der Waals surface area (Å²) in [6.45, 7) is 24.0. The number of nitrogens with two attached hydrogens (primary N) is 1. The van der Waals surface area contributed by atoms with E-state index in [1.807, 2.05) is 0 Å². The smallest absolute Gasteiger partial charge is 0.103 e. The number of nitrogens with zero attached hydrogens (tertiary/aromatic N) is 3. The average Bonchev–Trinajstić information content (AvgIpc) is 3.25. The number of hydrogen-bond acceptors (Lipinski definition) is 8. The van der Waals surface area contributed by atoms with Gasteiger partial charge in [0.1, 0.15) is 6.10 Å². The van der Waals surface area contributed by atoms with Crippen LogP contribution in [0.15, 0.2) is 55.4 Å². The van der Waals surface area contributed by atoms with Crippen molar-refractivity contribution in [1.29, 1.82) is 0 Å². The molecule has 2 heterocycles. The Morgan fingerprint density at radius 2 is 1.78 bits per heavy atom. The van der Waals surface area contributed by atoms with Gasteiger partial charge >= 0.3 is 0 Å². The number of ether oxygens (including phenoxy) is 2. The van der Waals surface area contributed by atoms with E-state index >= 15 is 0 Å². The molecule has 0 aliphatic carbocycles. The molecule has 3 unspecified atom stereocenters. The van der Waals surface area contributed by atoms with E-state index in [-0.39, 0.29) is 18.8 Å². The van der Waals surface area contributed by atoms with Crippen LogP contribution < -0.4 is 16.0 Å². The Balaban J connectivity index is 1.58. The summed E-state index contributed by atoms with van der Waals surface area (Å²) in [6, 6.07) is 8.65. The molecule has 8 nitrogen and oxygen atoms in total. The molecule has 0 radical (unpaired) electrons. The zero-order chi connectivity index (χ0) is 26.9. The van der Waals surface area contributed by atoms with Crippen molar-refractivity contribution in [3.05, 3.63) is 61.0 Å². The zero-order valence-corrected chi connectivity index (χ0v) is 23.0. The summed E-state index contributed by atoms with van der Waals surface area (Å²) in [5.74, 6) is 0.465. The number of nitrogens with one attached hydrogen (secondary N) is 1. The van der Waals surface area contributed by atoms with Gasteiger partial charge in [0.2, 0.25) is 0 Å². The third-order valence-electron chi connectivity index (χ3n) is 7.15. The predicted octanol–water partition coefficient (Wildman–Crippen LogP) is 2.48. The van der Waals surface area contributed by atoms with Gasteiger partial charge in [-0.05, 0) is 30.0 Å². The number of anilines is 1. The molecule has 4 N–H and O–H groups in total. The summed E-state index contributed by atoms with van der Waals surface area (Å²) >= 11 is 0. The molecule has 2 aliphatic rings. The van der Waals surface area contributed by atoms with Crippen molar-refractivity contribution in [1.82, 2.24) is 15.1 Å². The number of benzene rings is 1. The average molecular weight is 514 g/mol. The number of aliphatic hydroxyl groups is 1. The largest absolute Gasteiger partial charge is 0.401 e. The molecule has 8 heteroatoms. The normalized spacial score (nSPS) is 21.3. The second-order valence-corrected chi connectivity index (χ2v) is 10.6. The number of rotatable bonds is 14. The number of hydrogen-bond donors (Lipinski definition) is 3. The lowest BCUT2D eigenvalue weighted by atomic mass is 10.00. The van der Waals surface area contributed by atoms with E-state index in [0.29, 0.717) is 24.7 Å². The van der Waals surface area contributed by atoms with Crippen molar-refractivity contribution in [3.8, 4) is 0 Å². The topological polar surface area (TPSA) is 86.5 Å². The van der Waals surface area contributed by atoms with Crippen LogP contribution in [0.1, 0.15) is 25.8 Å². The van der Waals surface area contributed by atoms with E-state index in [9.17, 15) is 5.11 Å². The van der Waals surface area contributed by atoms with E-state index in [1.54, 1.807) is 7.11 Å². The first-order chi connectivity index (χ1) is 17.7. The lowest BCUT2D eigenvalue weighted by Crippen LogP contribution is -2.47. The minimum Gasteiger partial charge on any atom is -0.401 e. The molecular weight excluding hydrogens is 466 g/mol. The van der Waals surface area contributed by atoms with Gasteiger partial charge in [0.25, 0.3) is 0 Å². The molecule has 2 saturated heterocycles. The minimum absolute atomic E-state index is 0.00257. The molecular formula is C29H47N5O3. The van der Waals surface area contributed by atoms with Gasteiger partial charge in [0, 0.05) is 75.7 Å². The highest BCUT2D eigenvalue weighted by Crippen LogP contribution is 2.25. The van der Waals surface area contributed by atoms with E-state index in [2.05, 4.69) is 77.9 Å². The Labute approximate surface area is 223 Å². The first-order valence-electron chi connectivity index (χ1n) is 13.4. The molecule has 0 spiro atoms. The van der Waals surface area contributed by atoms with Crippen LogP contribution in [0.5, 0.6) is 0 Å². The molecule has 37 heavy (non-hydrogen) atoms. The second-order valence-electron chi connectivity index (χ2n) is 10.6. The Kier molecular flexibility index (Phi) is 10.9. The van der Waals surface area contributed by atoms with Gasteiger partial charge in [-0.2, -0.15) is 0 Å². The van der Waals surface area contributed by atoms with Gasteiger partial charge in [-0.1, -0.05) is 45.7 Å². The van der Waals surface area contributed by atoms with Crippen LogP contribution in [0.25, 0.3) is 5.70 Å². The van der Waals surface area contributed by atoms with Gasteiger partial charge in [0.05, 0.1) is 25.4 Å². The number of aliphatic hydroxyl groups excluding tert-OH is 1. The Bertz CT molecular complexity index is 895.